The largest absolute Gasteiger partial charge is 0.462 e. The standard InChI is InChI=1S/C45H86O5/c1-3-5-7-9-11-13-15-17-19-20-21-22-23-24-26-28-30-32-34-36-38-40-45(48)50-43(41-46)42-49-44(47)39-37-35-33-31-29-27-25-18-16-14-12-10-8-6-4-2/h14,16,43,46H,3-13,15,17-42H2,1-2H3/b16-14-/t43-/m0/s1. The highest BCUT2D eigenvalue weighted by atomic mass is 16.6. The summed E-state index contributed by atoms with van der Waals surface area (Å²) in [6.45, 7) is 4.15. The van der Waals surface area contributed by atoms with Crippen LogP contribution in [0.4, 0.5) is 0 Å². The summed E-state index contributed by atoms with van der Waals surface area (Å²) >= 11 is 0. The average Bonchev–Trinajstić information content (AvgIpc) is 3.12. The van der Waals surface area contributed by atoms with E-state index in [1.54, 1.807) is 0 Å². The van der Waals surface area contributed by atoms with Crippen LogP contribution in [0.5, 0.6) is 0 Å². The second-order valence-electron chi connectivity index (χ2n) is 15.1. The molecule has 0 unspecified atom stereocenters. The second-order valence-corrected chi connectivity index (χ2v) is 15.1. The van der Waals surface area contributed by atoms with Crippen LogP contribution in [0, 0.1) is 0 Å². The molecule has 0 aromatic rings. The summed E-state index contributed by atoms with van der Waals surface area (Å²) in [5.41, 5.74) is 0. The van der Waals surface area contributed by atoms with Gasteiger partial charge in [0.1, 0.15) is 6.61 Å². The highest BCUT2D eigenvalue weighted by Crippen LogP contribution is 2.16. The van der Waals surface area contributed by atoms with Crippen LogP contribution in [0.3, 0.4) is 0 Å². The van der Waals surface area contributed by atoms with Crippen molar-refractivity contribution in [2.75, 3.05) is 13.2 Å². The van der Waals surface area contributed by atoms with Gasteiger partial charge in [0.05, 0.1) is 6.61 Å². The number of carbonyl (C=O) groups is 2. The Morgan fingerprint density at radius 2 is 0.740 bits per heavy atom. The molecule has 0 aromatic carbocycles. The predicted molar refractivity (Wildman–Crippen MR) is 215 cm³/mol. The van der Waals surface area contributed by atoms with E-state index >= 15 is 0 Å². The first-order valence-corrected chi connectivity index (χ1v) is 22.2. The molecule has 1 N–H and O–H groups in total. The Labute approximate surface area is 311 Å². The number of hydrogen-bond acceptors (Lipinski definition) is 5. The van der Waals surface area contributed by atoms with E-state index in [0.29, 0.717) is 12.8 Å². The molecular weight excluding hydrogens is 620 g/mol. The van der Waals surface area contributed by atoms with Gasteiger partial charge < -0.3 is 14.6 Å². The molecule has 0 radical (unpaired) electrons. The minimum absolute atomic E-state index is 0.0619. The molecule has 0 bridgehead atoms. The van der Waals surface area contributed by atoms with Crippen molar-refractivity contribution in [2.45, 2.75) is 251 Å². The fourth-order valence-electron chi connectivity index (χ4n) is 6.67. The van der Waals surface area contributed by atoms with Crippen molar-refractivity contribution in [3.63, 3.8) is 0 Å². The SMILES string of the molecule is CCCCCC/C=C\CCCCCCCCCC(=O)OC[C@H](CO)OC(=O)CCCCCCCCCCCCCCCCCCCCCCC. The van der Waals surface area contributed by atoms with Gasteiger partial charge in [0, 0.05) is 12.8 Å². The first-order valence-electron chi connectivity index (χ1n) is 22.2. The van der Waals surface area contributed by atoms with Gasteiger partial charge in [-0.05, 0) is 38.5 Å². The van der Waals surface area contributed by atoms with Crippen LogP contribution in [0.15, 0.2) is 12.2 Å². The molecule has 0 saturated carbocycles. The van der Waals surface area contributed by atoms with Gasteiger partial charge in [-0.1, -0.05) is 206 Å². The van der Waals surface area contributed by atoms with E-state index < -0.39 is 6.10 Å². The third kappa shape index (κ3) is 39.4. The highest BCUT2D eigenvalue weighted by molar-refractivity contribution is 5.70. The van der Waals surface area contributed by atoms with E-state index in [9.17, 15) is 14.7 Å². The number of unbranched alkanes of at least 4 members (excludes halogenated alkanes) is 31. The summed E-state index contributed by atoms with van der Waals surface area (Å²) in [6, 6.07) is 0. The molecule has 0 saturated heterocycles. The second kappa shape index (κ2) is 42.1. The lowest BCUT2D eigenvalue weighted by atomic mass is 10.0. The van der Waals surface area contributed by atoms with Crippen LogP contribution in [-0.4, -0.2) is 36.4 Å². The molecule has 0 amide bonds. The Morgan fingerprint density at radius 1 is 0.440 bits per heavy atom. The van der Waals surface area contributed by atoms with Gasteiger partial charge >= 0.3 is 11.9 Å². The fourth-order valence-corrected chi connectivity index (χ4v) is 6.67. The van der Waals surface area contributed by atoms with E-state index in [2.05, 4.69) is 26.0 Å². The molecule has 0 fully saturated rings. The lowest BCUT2D eigenvalue weighted by Gasteiger charge is -2.15. The Morgan fingerprint density at radius 3 is 1.10 bits per heavy atom. The summed E-state index contributed by atoms with van der Waals surface area (Å²) in [7, 11) is 0. The summed E-state index contributed by atoms with van der Waals surface area (Å²) in [4.78, 5) is 24.3. The topological polar surface area (TPSA) is 72.8 Å². The van der Waals surface area contributed by atoms with Crippen LogP contribution in [0.25, 0.3) is 0 Å². The number of esters is 2. The van der Waals surface area contributed by atoms with E-state index in [4.69, 9.17) is 9.47 Å². The van der Waals surface area contributed by atoms with Gasteiger partial charge in [-0.15, -0.1) is 0 Å². The lowest BCUT2D eigenvalue weighted by Crippen LogP contribution is -2.28. The third-order valence-corrected chi connectivity index (χ3v) is 10.1. The lowest BCUT2D eigenvalue weighted by molar-refractivity contribution is -0.161. The van der Waals surface area contributed by atoms with Crippen molar-refractivity contribution in [3.8, 4) is 0 Å². The first-order chi connectivity index (χ1) is 24.6. The number of ether oxygens (including phenoxy) is 2. The molecule has 296 valence electrons. The average molecular weight is 707 g/mol. The maximum Gasteiger partial charge on any atom is 0.306 e. The number of hydrogen-bond donors (Lipinski definition) is 1. The number of aliphatic hydroxyl groups is 1. The molecule has 5 nitrogen and oxygen atoms in total. The summed E-state index contributed by atoms with van der Waals surface area (Å²) in [5, 5.41) is 9.58. The van der Waals surface area contributed by atoms with Crippen molar-refractivity contribution in [1.29, 1.82) is 0 Å². The Kier molecular flexibility index (Phi) is 40.9. The van der Waals surface area contributed by atoms with Gasteiger partial charge in [0.25, 0.3) is 0 Å². The molecule has 0 heterocycles. The molecule has 5 heteroatoms. The Bertz CT molecular complexity index is 720. The molecular formula is C45H86O5. The van der Waals surface area contributed by atoms with Gasteiger partial charge in [-0.3, -0.25) is 9.59 Å². The van der Waals surface area contributed by atoms with Gasteiger partial charge in [0.15, 0.2) is 6.10 Å². The summed E-state index contributed by atoms with van der Waals surface area (Å²) < 4.78 is 10.6. The number of aliphatic hydroxyl groups excluding tert-OH is 1. The smallest absolute Gasteiger partial charge is 0.306 e. The third-order valence-electron chi connectivity index (χ3n) is 10.1. The van der Waals surface area contributed by atoms with E-state index in [1.165, 1.54) is 180 Å². The Hall–Kier alpha value is -1.36. The van der Waals surface area contributed by atoms with Crippen LogP contribution in [0.2, 0.25) is 0 Å². The minimum Gasteiger partial charge on any atom is -0.462 e. The molecule has 50 heavy (non-hydrogen) atoms. The zero-order valence-electron chi connectivity index (χ0n) is 33.7. The minimum atomic E-state index is -0.766. The number of allylic oxidation sites excluding steroid dienone is 2. The normalized spacial score (nSPS) is 12.1. The van der Waals surface area contributed by atoms with Crippen molar-refractivity contribution < 1.29 is 24.2 Å². The van der Waals surface area contributed by atoms with Gasteiger partial charge in [-0.2, -0.15) is 0 Å². The molecule has 0 aromatic heterocycles. The Balaban J connectivity index is 3.47. The van der Waals surface area contributed by atoms with Gasteiger partial charge in [-0.25, -0.2) is 0 Å². The molecule has 0 aliphatic rings. The van der Waals surface area contributed by atoms with Crippen molar-refractivity contribution >= 4 is 11.9 Å². The van der Waals surface area contributed by atoms with Crippen molar-refractivity contribution in [2.24, 2.45) is 0 Å². The quantitative estimate of drug-likeness (QED) is 0.0389. The predicted octanol–water partition coefficient (Wildman–Crippen LogP) is 14.1. The number of carbonyl (C=O) groups excluding carboxylic acids is 2. The van der Waals surface area contributed by atoms with E-state index in [-0.39, 0.29) is 25.2 Å². The monoisotopic (exact) mass is 707 g/mol. The fraction of sp³-hybridized carbons (Fsp3) is 0.911. The first kappa shape index (κ1) is 48.6. The number of rotatable bonds is 41. The van der Waals surface area contributed by atoms with E-state index in [0.717, 1.165) is 38.5 Å². The molecule has 0 aliphatic heterocycles. The molecule has 1 atom stereocenters. The zero-order valence-corrected chi connectivity index (χ0v) is 33.7. The van der Waals surface area contributed by atoms with Crippen LogP contribution >= 0.6 is 0 Å². The maximum atomic E-state index is 12.2. The maximum absolute atomic E-state index is 12.2. The van der Waals surface area contributed by atoms with Crippen molar-refractivity contribution in [1.82, 2.24) is 0 Å². The van der Waals surface area contributed by atoms with Crippen LogP contribution in [-0.2, 0) is 19.1 Å². The highest BCUT2D eigenvalue weighted by Gasteiger charge is 2.16. The molecule has 0 aliphatic carbocycles. The van der Waals surface area contributed by atoms with E-state index in [1.807, 2.05) is 0 Å². The zero-order chi connectivity index (χ0) is 36.4. The molecule has 0 spiro atoms. The molecule has 0 rings (SSSR count). The summed E-state index contributed by atoms with van der Waals surface area (Å²) in [5.74, 6) is -0.582. The van der Waals surface area contributed by atoms with Crippen molar-refractivity contribution in [3.05, 3.63) is 12.2 Å². The van der Waals surface area contributed by atoms with Crippen LogP contribution in [0.1, 0.15) is 245 Å². The summed E-state index contributed by atoms with van der Waals surface area (Å²) in [6.07, 6.45) is 48.6. The van der Waals surface area contributed by atoms with Crippen LogP contribution < -0.4 is 0 Å². The van der Waals surface area contributed by atoms with Gasteiger partial charge in [0.2, 0.25) is 0 Å².